The van der Waals surface area contributed by atoms with Crippen LogP contribution < -0.4 is 5.32 Å². The molecule has 21 heavy (non-hydrogen) atoms. The fourth-order valence-corrected chi connectivity index (χ4v) is 4.23. The fraction of sp³-hybridized carbons (Fsp3) is 0.750. The Morgan fingerprint density at radius 2 is 2.24 bits per heavy atom. The van der Waals surface area contributed by atoms with Crippen molar-refractivity contribution in [3.63, 3.8) is 0 Å². The van der Waals surface area contributed by atoms with Crippen LogP contribution in [0, 0.1) is 0 Å². The van der Waals surface area contributed by atoms with Crippen LogP contribution in [0.15, 0.2) is 11.4 Å². The van der Waals surface area contributed by atoms with Gasteiger partial charge in [-0.2, -0.15) is 13.2 Å². The second-order valence-electron chi connectivity index (χ2n) is 5.87. The maximum absolute atomic E-state index is 12.4. The van der Waals surface area contributed by atoms with Gasteiger partial charge < -0.3 is 5.32 Å². The van der Waals surface area contributed by atoms with Gasteiger partial charge >= 0.3 is 6.18 Å². The molecule has 1 aromatic rings. The van der Waals surface area contributed by atoms with E-state index in [0.29, 0.717) is 12.3 Å². The Morgan fingerprint density at radius 1 is 1.43 bits per heavy atom. The molecular weight excluding hydrogens is 295 g/mol. The Kier molecular flexibility index (Phi) is 6.11. The van der Waals surface area contributed by atoms with Crippen LogP contribution in [0.2, 0.25) is 0 Å². The largest absolute Gasteiger partial charge is 0.389 e. The lowest BCUT2D eigenvalue weighted by molar-refractivity contribution is -0.135. The van der Waals surface area contributed by atoms with Crippen molar-refractivity contribution in [1.82, 2.24) is 5.32 Å². The molecule has 1 aromatic heterocycles. The van der Waals surface area contributed by atoms with Gasteiger partial charge in [0.05, 0.1) is 0 Å². The van der Waals surface area contributed by atoms with Crippen LogP contribution >= 0.6 is 11.3 Å². The number of hydrogen-bond donors (Lipinski definition) is 1. The summed E-state index contributed by atoms with van der Waals surface area (Å²) in [4.78, 5) is 1.44. The molecule has 5 heteroatoms. The third-order valence-electron chi connectivity index (χ3n) is 4.22. The van der Waals surface area contributed by atoms with Crippen LogP contribution in [-0.4, -0.2) is 18.8 Å². The van der Waals surface area contributed by atoms with E-state index in [4.69, 9.17) is 0 Å². The van der Waals surface area contributed by atoms with Gasteiger partial charge in [-0.15, -0.1) is 11.3 Å². The number of fused-ring (bicyclic) bond motifs is 1. The molecule has 0 radical (unpaired) electrons. The lowest BCUT2D eigenvalue weighted by atomic mass is 9.80. The van der Waals surface area contributed by atoms with Crippen molar-refractivity contribution < 1.29 is 13.2 Å². The van der Waals surface area contributed by atoms with Crippen LogP contribution in [0.4, 0.5) is 13.2 Å². The van der Waals surface area contributed by atoms with Crippen LogP contribution in [0.25, 0.3) is 0 Å². The zero-order valence-corrected chi connectivity index (χ0v) is 13.3. The first-order valence-electron chi connectivity index (χ1n) is 7.87. The first kappa shape index (κ1) is 16.8. The van der Waals surface area contributed by atoms with Gasteiger partial charge in [0.15, 0.2) is 0 Å². The minimum Gasteiger partial charge on any atom is -0.313 e. The van der Waals surface area contributed by atoms with Gasteiger partial charge in [-0.3, -0.25) is 0 Å². The molecule has 1 N–H and O–H groups in total. The Bertz CT molecular complexity index is 427. The van der Waals surface area contributed by atoms with Gasteiger partial charge in [-0.05, 0) is 62.1 Å². The van der Waals surface area contributed by atoms with Crippen molar-refractivity contribution in [3.05, 3.63) is 21.9 Å². The Hall–Kier alpha value is -0.550. The third-order valence-corrected chi connectivity index (χ3v) is 5.21. The minimum atomic E-state index is -4.03. The molecule has 1 nitrogen and oxygen atoms in total. The summed E-state index contributed by atoms with van der Waals surface area (Å²) in [6, 6.07) is 2.36. The lowest BCUT2D eigenvalue weighted by Gasteiger charge is -2.32. The molecule has 1 aliphatic carbocycles. The molecule has 2 unspecified atom stereocenters. The molecule has 2 atom stereocenters. The van der Waals surface area contributed by atoms with E-state index in [-0.39, 0.29) is 12.5 Å². The zero-order valence-electron chi connectivity index (χ0n) is 12.5. The van der Waals surface area contributed by atoms with Gasteiger partial charge in [0.2, 0.25) is 0 Å². The van der Waals surface area contributed by atoms with E-state index in [1.54, 1.807) is 11.3 Å². The molecule has 0 spiro atoms. The van der Waals surface area contributed by atoms with E-state index in [0.717, 1.165) is 32.2 Å². The van der Waals surface area contributed by atoms with E-state index in [1.807, 2.05) is 0 Å². The number of aryl methyl sites for hydroxylation is 1. The second-order valence-corrected chi connectivity index (χ2v) is 6.87. The number of rotatable bonds is 7. The van der Waals surface area contributed by atoms with E-state index in [9.17, 15) is 13.2 Å². The molecule has 0 bridgehead atoms. The van der Waals surface area contributed by atoms with Gasteiger partial charge in [0.1, 0.15) is 0 Å². The van der Waals surface area contributed by atoms with Gasteiger partial charge in [0.25, 0.3) is 0 Å². The highest BCUT2D eigenvalue weighted by Crippen LogP contribution is 2.38. The normalized spacial score (nSPS) is 20.3. The average molecular weight is 319 g/mol. The van der Waals surface area contributed by atoms with Crippen LogP contribution in [0.1, 0.15) is 61.8 Å². The molecule has 1 aliphatic rings. The summed E-state index contributed by atoms with van der Waals surface area (Å²) in [5, 5.41) is 5.61. The predicted molar refractivity (Wildman–Crippen MR) is 82.0 cm³/mol. The lowest BCUT2D eigenvalue weighted by Crippen LogP contribution is -2.37. The van der Waals surface area contributed by atoms with Crippen molar-refractivity contribution >= 4 is 11.3 Å². The first-order valence-corrected chi connectivity index (χ1v) is 8.75. The number of hydrogen-bond acceptors (Lipinski definition) is 2. The second kappa shape index (κ2) is 7.63. The van der Waals surface area contributed by atoms with Gasteiger partial charge in [-0.25, -0.2) is 0 Å². The van der Waals surface area contributed by atoms with E-state index >= 15 is 0 Å². The summed E-state index contributed by atoms with van der Waals surface area (Å²) < 4.78 is 37.1. The van der Waals surface area contributed by atoms with Crippen molar-refractivity contribution in [1.29, 1.82) is 0 Å². The summed E-state index contributed by atoms with van der Waals surface area (Å²) in [5.74, 6) is 0.389. The maximum Gasteiger partial charge on any atom is 0.389 e. The molecule has 2 rings (SSSR count). The number of alkyl halides is 3. The first-order chi connectivity index (χ1) is 10.0. The molecular formula is C16H24F3NS. The summed E-state index contributed by atoms with van der Waals surface area (Å²) in [5.41, 5.74) is 1.38. The van der Waals surface area contributed by atoms with E-state index in [2.05, 4.69) is 23.7 Å². The van der Waals surface area contributed by atoms with Crippen molar-refractivity contribution in [2.45, 2.75) is 70.0 Å². The Balaban J connectivity index is 1.99. The maximum atomic E-state index is 12.4. The van der Waals surface area contributed by atoms with E-state index < -0.39 is 12.6 Å². The van der Waals surface area contributed by atoms with Gasteiger partial charge in [0, 0.05) is 23.3 Å². The number of nitrogens with one attached hydrogen (secondary N) is 1. The number of thiophene rings is 1. The summed E-state index contributed by atoms with van der Waals surface area (Å²) in [6.45, 7) is 2.98. The molecule has 0 saturated heterocycles. The van der Waals surface area contributed by atoms with Crippen LogP contribution in [-0.2, 0) is 6.42 Å². The van der Waals surface area contributed by atoms with Crippen LogP contribution in [0.3, 0.4) is 0 Å². The predicted octanol–water partition coefficient (Wildman–Crippen LogP) is 5.27. The molecule has 1 heterocycles. The minimum absolute atomic E-state index is 0.181. The number of halogens is 3. The SMILES string of the molecule is CCCNC(CCCC(F)(F)F)C1CCCc2sccc21. The molecule has 0 amide bonds. The zero-order chi connectivity index (χ0) is 15.3. The highest BCUT2D eigenvalue weighted by molar-refractivity contribution is 7.10. The monoisotopic (exact) mass is 319 g/mol. The highest BCUT2D eigenvalue weighted by Gasteiger charge is 2.30. The average Bonchev–Trinajstić information content (AvgIpc) is 2.89. The Labute approximate surface area is 128 Å². The summed E-state index contributed by atoms with van der Waals surface area (Å²) in [6.07, 6.45) is 0.528. The topological polar surface area (TPSA) is 12.0 Å². The van der Waals surface area contributed by atoms with Crippen molar-refractivity contribution in [2.75, 3.05) is 6.54 Å². The molecule has 120 valence electrons. The molecule has 0 aliphatic heterocycles. The van der Waals surface area contributed by atoms with Crippen molar-refractivity contribution in [3.8, 4) is 0 Å². The third kappa shape index (κ3) is 4.99. The Morgan fingerprint density at radius 3 is 2.95 bits per heavy atom. The molecule has 0 aromatic carbocycles. The summed E-state index contributed by atoms with van der Waals surface area (Å²) in [7, 11) is 0. The van der Waals surface area contributed by atoms with Crippen molar-refractivity contribution in [2.24, 2.45) is 0 Å². The van der Waals surface area contributed by atoms with Gasteiger partial charge in [-0.1, -0.05) is 6.92 Å². The molecule has 0 fully saturated rings. The van der Waals surface area contributed by atoms with E-state index in [1.165, 1.54) is 10.4 Å². The standard InChI is InChI=1S/C16H24F3NS/c1-2-10-20-14(6-4-9-16(17,18)19)12-5-3-7-15-13(12)8-11-21-15/h8,11-12,14,20H,2-7,9-10H2,1H3. The smallest absolute Gasteiger partial charge is 0.313 e. The quantitative estimate of drug-likeness (QED) is 0.722. The summed E-state index contributed by atoms with van der Waals surface area (Å²) >= 11 is 1.79. The fourth-order valence-electron chi connectivity index (χ4n) is 3.24. The highest BCUT2D eigenvalue weighted by atomic mass is 32.1. The molecule has 0 saturated carbocycles. The van der Waals surface area contributed by atoms with Crippen LogP contribution in [0.5, 0.6) is 0 Å².